The van der Waals surface area contributed by atoms with Gasteiger partial charge in [-0.15, -0.1) is 0 Å². The van der Waals surface area contributed by atoms with E-state index < -0.39 is 5.97 Å². The lowest BCUT2D eigenvalue weighted by molar-refractivity contribution is -0.137. The van der Waals surface area contributed by atoms with Gasteiger partial charge in [-0.05, 0) is 6.42 Å². The van der Waals surface area contributed by atoms with E-state index in [-0.39, 0.29) is 0 Å². The van der Waals surface area contributed by atoms with Gasteiger partial charge >= 0.3 is 5.97 Å². The minimum atomic E-state index is -0.693. The highest BCUT2D eigenvalue weighted by Gasteiger charge is 1.90. The van der Waals surface area contributed by atoms with Crippen LogP contribution in [0.2, 0.25) is 0 Å². The van der Waals surface area contributed by atoms with Crippen molar-refractivity contribution < 1.29 is 9.90 Å². The molecule has 0 heterocycles. The molecule has 0 saturated carbocycles. The van der Waals surface area contributed by atoms with Crippen LogP contribution >= 0.6 is 0 Å². The van der Waals surface area contributed by atoms with Gasteiger partial charge < -0.3 is 5.11 Å². The normalized spacial score (nSPS) is 7.90. The smallest absolute Gasteiger partial charge is 0.303 e. The summed E-state index contributed by atoms with van der Waals surface area (Å²) < 4.78 is 0. The van der Waals surface area contributed by atoms with Crippen LogP contribution in [-0.4, -0.2) is 11.1 Å². The summed E-state index contributed by atoms with van der Waals surface area (Å²) in [6, 6.07) is 0. The molecule has 0 saturated heterocycles. The van der Waals surface area contributed by atoms with Crippen molar-refractivity contribution in [3.05, 3.63) is 0 Å². The van der Waals surface area contributed by atoms with Gasteiger partial charge in [0.2, 0.25) is 0 Å². The fourth-order valence-electron chi connectivity index (χ4n) is 0.328. The van der Waals surface area contributed by atoms with E-state index in [2.05, 4.69) is 13.8 Å². The third-order valence-corrected chi connectivity index (χ3v) is 0.744. The quantitative estimate of drug-likeness (QED) is 0.664. The topological polar surface area (TPSA) is 37.3 Å². The lowest BCUT2D eigenvalue weighted by Gasteiger charge is -1.85. The summed E-state index contributed by atoms with van der Waals surface area (Å²) in [5.41, 5.74) is 0. The molecule has 0 aromatic carbocycles. The highest BCUT2D eigenvalue weighted by atomic mass is 16.4. The van der Waals surface area contributed by atoms with Gasteiger partial charge in [-0.25, -0.2) is 0 Å². The predicted molar refractivity (Wildman–Crippen MR) is 43.1 cm³/mol. The van der Waals surface area contributed by atoms with Crippen molar-refractivity contribution in [2.24, 2.45) is 0 Å². The Bertz CT molecular complexity index is 69.7. The molecule has 2 nitrogen and oxygen atoms in total. The van der Waals surface area contributed by atoms with Crippen molar-refractivity contribution in [1.82, 2.24) is 0 Å². The van der Waals surface area contributed by atoms with Crippen molar-refractivity contribution >= 4 is 5.97 Å². The molecule has 0 aliphatic rings. The van der Waals surface area contributed by atoms with Crippen LogP contribution in [0.5, 0.6) is 0 Å². The fraction of sp³-hybridized carbons (Fsp3) is 0.875. The number of carboxylic acid groups (broad SMARTS) is 1. The third kappa shape index (κ3) is 26.0. The maximum atomic E-state index is 9.76. The Balaban J connectivity index is 0. The SMILES string of the molecule is CCC.CCCCC(=O)O. The summed E-state index contributed by atoms with van der Waals surface area (Å²) in [6.45, 7) is 6.23. The molecule has 1 N–H and O–H groups in total. The average Bonchev–Trinajstić information content (AvgIpc) is 1.85. The zero-order valence-electron chi connectivity index (χ0n) is 7.18. The van der Waals surface area contributed by atoms with Gasteiger partial charge in [0, 0.05) is 6.42 Å². The molecule has 0 aliphatic heterocycles. The van der Waals surface area contributed by atoms with Crippen molar-refractivity contribution in [1.29, 1.82) is 0 Å². The van der Waals surface area contributed by atoms with Gasteiger partial charge in [0.05, 0.1) is 0 Å². The molecule has 0 rings (SSSR count). The van der Waals surface area contributed by atoms with Gasteiger partial charge in [0.15, 0.2) is 0 Å². The van der Waals surface area contributed by atoms with Gasteiger partial charge in [0.25, 0.3) is 0 Å². The van der Waals surface area contributed by atoms with E-state index in [1.54, 1.807) is 0 Å². The van der Waals surface area contributed by atoms with E-state index in [0.29, 0.717) is 6.42 Å². The van der Waals surface area contributed by atoms with Gasteiger partial charge in [-0.3, -0.25) is 4.79 Å². The Morgan fingerprint density at radius 2 is 1.70 bits per heavy atom. The van der Waals surface area contributed by atoms with E-state index in [1.165, 1.54) is 6.42 Å². The Kier molecular flexibility index (Phi) is 13.7. The van der Waals surface area contributed by atoms with E-state index in [1.807, 2.05) is 6.92 Å². The van der Waals surface area contributed by atoms with Crippen molar-refractivity contribution in [3.8, 4) is 0 Å². The summed E-state index contributed by atoms with van der Waals surface area (Å²) in [6.07, 6.45) is 3.33. The predicted octanol–water partition coefficient (Wildman–Crippen LogP) is 2.68. The summed E-state index contributed by atoms with van der Waals surface area (Å²) >= 11 is 0. The number of aliphatic carboxylic acids is 1. The zero-order valence-corrected chi connectivity index (χ0v) is 7.18. The monoisotopic (exact) mass is 146 g/mol. The Morgan fingerprint density at radius 1 is 1.30 bits per heavy atom. The van der Waals surface area contributed by atoms with E-state index in [9.17, 15) is 4.79 Å². The molecule has 0 atom stereocenters. The van der Waals surface area contributed by atoms with Gasteiger partial charge in [-0.2, -0.15) is 0 Å². The van der Waals surface area contributed by atoms with Crippen LogP contribution in [0.25, 0.3) is 0 Å². The first kappa shape index (κ1) is 12.2. The van der Waals surface area contributed by atoms with Crippen LogP contribution in [0.4, 0.5) is 0 Å². The molecule has 10 heavy (non-hydrogen) atoms. The molecule has 0 aromatic rings. The number of unbranched alkanes of at least 4 members (excludes halogenated alkanes) is 1. The van der Waals surface area contributed by atoms with E-state index in [0.717, 1.165) is 12.8 Å². The van der Waals surface area contributed by atoms with E-state index >= 15 is 0 Å². The second kappa shape index (κ2) is 11.3. The molecule has 0 bridgehead atoms. The van der Waals surface area contributed by atoms with Crippen LogP contribution in [0.15, 0.2) is 0 Å². The minimum absolute atomic E-state index is 0.316. The first-order valence-corrected chi connectivity index (χ1v) is 3.90. The van der Waals surface area contributed by atoms with Crippen molar-refractivity contribution in [3.63, 3.8) is 0 Å². The number of hydrogen-bond acceptors (Lipinski definition) is 1. The Hall–Kier alpha value is -0.530. The summed E-state index contributed by atoms with van der Waals surface area (Å²) in [5.74, 6) is -0.693. The zero-order chi connectivity index (χ0) is 8.41. The first-order chi connectivity index (χ1) is 4.68. The number of carboxylic acids is 1. The summed E-state index contributed by atoms with van der Waals surface area (Å²) in [7, 11) is 0. The second-order valence-electron chi connectivity index (χ2n) is 2.20. The molecule has 0 amide bonds. The molecular weight excluding hydrogens is 128 g/mol. The largest absolute Gasteiger partial charge is 0.481 e. The molecule has 2 heteroatoms. The number of rotatable bonds is 3. The molecule has 0 spiro atoms. The van der Waals surface area contributed by atoms with Crippen molar-refractivity contribution in [2.75, 3.05) is 0 Å². The molecule has 0 unspecified atom stereocenters. The number of hydrogen-bond donors (Lipinski definition) is 1. The third-order valence-electron chi connectivity index (χ3n) is 0.744. The fourth-order valence-corrected chi connectivity index (χ4v) is 0.328. The molecule has 0 radical (unpaired) electrons. The number of carbonyl (C=O) groups is 1. The second-order valence-corrected chi connectivity index (χ2v) is 2.20. The maximum absolute atomic E-state index is 9.76. The Labute approximate surface area is 63.3 Å². The molecule has 0 aliphatic carbocycles. The molecule has 62 valence electrons. The van der Waals surface area contributed by atoms with Crippen LogP contribution in [-0.2, 0) is 4.79 Å². The molecule has 0 aromatic heterocycles. The van der Waals surface area contributed by atoms with Crippen LogP contribution in [0.3, 0.4) is 0 Å². The van der Waals surface area contributed by atoms with E-state index in [4.69, 9.17) is 5.11 Å². The highest BCUT2D eigenvalue weighted by molar-refractivity contribution is 5.66. The van der Waals surface area contributed by atoms with Crippen LogP contribution < -0.4 is 0 Å². The first-order valence-electron chi connectivity index (χ1n) is 3.90. The molecular formula is C8H18O2. The standard InChI is InChI=1S/C5H10O2.C3H8/c1-2-3-4-5(6)7;1-3-2/h2-4H2,1H3,(H,6,7);3H2,1-2H3. The van der Waals surface area contributed by atoms with Crippen molar-refractivity contribution in [2.45, 2.75) is 46.5 Å². The average molecular weight is 146 g/mol. The van der Waals surface area contributed by atoms with Crippen LogP contribution in [0.1, 0.15) is 46.5 Å². The highest BCUT2D eigenvalue weighted by Crippen LogP contribution is 1.91. The lowest BCUT2D eigenvalue weighted by atomic mass is 10.3. The minimum Gasteiger partial charge on any atom is -0.481 e. The van der Waals surface area contributed by atoms with Crippen LogP contribution in [0, 0.1) is 0 Å². The van der Waals surface area contributed by atoms with Gasteiger partial charge in [0.1, 0.15) is 0 Å². The maximum Gasteiger partial charge on any atom is 0.303 e. The summed E-state index contributed by atoms with van der Waals surface area (Å²) in [4.78, 5) is 9.76. The molecule has 0 fully saturated rings. The Morgan fingerprint density at radius 3 is 1.80 bits per heavy atom. The lowest BCUT2D eigenvalue weighted by Crippen LogP contribution is -1.91. The summed E-state index contributed by atoms with van der Waals surface area (Å²) in [5, 5.41) is 8.04. The van der Waals surface area contributed by atoms with Gasteiger partial charge in [-0.1, -0.05) is 33.6 Å².